The van der Waals surface area contributed by atoms with Crippen molar-refractivity contribution in [3.63, 3.8) is 0 Å². The van der Waals surface area contributed by atoms with Gasteiger partial charge in [0.25, 0.3) is 0 Å². The second-order valence-electron chi connectivity index (χ2n) is 22.2. The Labute approximate surface area is 516 Å². The van der Waals surface area contributed by atoms with E-state index in [1.165, 1.54) is 0 Å². The van der Waals surface area contributed by atoms with Gasteiger partial charge in [0.2, 0.25) is 0 Å². The van der Waals surface area contributed by atoms with Crippen molar-refractivity contribution in [3.8, 4) is 102 Å². The van der Waals surface area contributed by atoms with Crippen LogP contribution in [0.1, 0.15) is 46.6 Å². The van der Waals surface area contributed by atoms with Crippen LogP contribution in [0.15, 0.2) is 170 Å². The summed E-state index contributed by atoms with van der Waals surface area (Å²) in [7, 11) is 0. The fourth-order valence-corrected chi connectivity index (χ4v) is 12.1. The number of nitrogens with zero attached hydrogens (tertiary/aromatic N) is 18. The van der Waals surface area contributed by atoms with Crippen molar-refractivity contribution in [2.45, 2.75) is 55.4 Å². The molecule has 7 heterocycles. The van der Waals surface area contributed by atoms with Gasteiger partial charge < -0.3 is 9.13 Å². The first-order chi connectivity index (χ1) is 43.7. The lowest BCUT2D eigenvalue weighted by atomic mass is 9.97. The Morgan fingerprint density at radius 3 is 0.900 bits per heavy atom. The van der Waals surface area contributed by atoms with Gasteiger partial charge in [0.05, 0.1) is 40.0 Å². The summed E-state index contributed by atoms with van der Waals surface area (Å²) in [5.74, 6) is 8.79. The maximum atomic E-state index is 8.58. The van der Waals surface area contributed by atoms with Crippen molar-refractivity contribution in [3.05, 3.63) is 228 Å². The van der Waals surface area contributed by atoms with Crippen LogP contribution in [0, 0.1) is 62.0 Å². The highest BCUT2D eigenvalue weighted by atomic mass is 15.1. The Bertz CT molecular complexity index is 5140. The Kier molecular flexibility index (Phi) is 13.1. The monoisotopic (exact) mass is 1170 g/mol. The first-order valence-corrected chi connectivity index (χ1v) is 29.2. The van der Waals surface area contributed by atoms with Gasteiger partial charge in [-0.1, -0.05) is 78.9 Å². The molecule has 0 saturated carbocycles. The molecule has 0 bridgehead atoms. The van der Waals surface area contributed by atoms with Crippen LogP contribution >= 0.6 is 0 Å². The van der Waals surface area contributed by atoms with E-state index >= 15 is 0 Å². The van der Waals surface area contributed by atoms with E-state index in [1.807, 2.05) is 134 Å². The molecule has 18 nitrogen and oxygen atoms in total. The Morgan fingerprint density at radius 1 is 0.256 bits per heavy atom. The number of rotatable bonds is 10. The summed E-state index contributed by atoms with van der Waals surface area (Å²) in [6, 6.07) is 57.5. The first kappa shape index (κ1) is 54.5. The van der Waals surface area contributed by atoms with E-state index in [0.717, 1.165) is 105 Å². The molecule has 0 amide bonds. The smallest absolute Gasteiger partial charge is 0.188 e. The van der Waals surface area contributed by atoms with Gasteiger partial charge >= 0.3 is 0 Å². The van der Waals surface area contributed by atoms with E-state index in [0.29, 0.717) is 93.1 Å². The zero-order valence-electron chi connectivity index (χ0n) is 50.2. The molecular formula is C72H52N18. The number of fused-ring (bicyclic) bond motifs is 6. The van der Waals surface area contributed by atoms with Crippen LogP contribution in [0.2, 0.25) is 0 Å². The first-order valence-electron chi connectivity index (χ1n) is 29.2. The standard InChI is InChI=1S/C72H52N18/c1-38-74-39(2)79-68(78-38)48-21-27-60-55(32-48)56-33-49(69-80-40(3)75-41(4)81-69)22-28-61(56)89(60)64-31-25-53(73-9)37-59(64)54-26-20-52(72-87-66(46-16-12-10-13-17-46)86-67(88-72)47-18-14-11-15-19-47)36-65(54)90-62-29-23-50(70-82-42(5)76-43(6)83-70)34-57(62)58-35-51(24-30-63(58)90)71-84-44(7)77-45(8)85-71/h10-37H,1-8H3. The maximum Gasteiger partial charge on any atom is 0.188 e. The van der Waals surface area contributed by atoms with Crippen LogP contribution in [0.25, 0.3) is 151 Å². The van der Waals surface area contributed by atoms with Crippen LogP contribution < -0.4 is 0 Å². The molecule has 0 radical (unpaired) electrons. The van der Waals surface area contributed by atoms with Crippen molar-refractivity contribution >= 4 is 49.3 Å². The summed E-state index contributed by atoms with van der Waals surface area (Å²) in [5, 5.41) is 3.73. The van der Waals surface area contributed by atoms with E-state index in [9.17, 15) is 0 Å². The molecule has 0 aliphatic carbocycles. The number of hydrogen-bond donors (Lipinski definition) is 0. The van der Waals surface area contributed by atoms with Crippen molar-refractivity contribution in [1.29, 1.82) is 0 Å². The molecule has 90 heavy (non-hydrogen) atoms. The zero-order valence-corrected chi connectivity index (χ0v) is 50.2. The van der Waals surface area contributed by atoms with Gasteiger partial charge in [-0.15, -0.1) is 0 Å². The van der Waals surface area contributed by atoms with E-state index < -0.39 is 0 Å². The fraction of sp³-hybridized carbons (Fsp3) is 0.111. The van der Waals surface area contributed by atoms with Crippen LogP contribution in [-0.2, 0) is 0 Å². The van der Waals surface area contributed by atoms with Gasteiger partial charge in [-0.25, -0.2) is 79.6 Å². The van der Waals surface area contributed by atoms with Crippen molar-refractivity contribution in [1.82, 2.24) is 83.9 Å². The van der Waals surface area contributed by atoms with Gasteiger partial charge in [-0.05, 0) is 152 Å². The van der Waals surface area contributed by atoms with Crippen molar-refractivity contribution in [2.24, 2.45) is 0 Å². The molecule has 0 unspecified atom stereocenters. The SMILES string of the molecule is [C-]#[N+]c1ccc(-n2c3ccc(-c4nc(C)nc(C)n4)cc3c3cc(-c4nc(C)nc(C)n4)ccc32)c(-c2ccc(-c3nc(-c4ccccc4)nc(-c4ccccc4)n3)cc2-n2c3ccc(-c4nc(C)nc(C)n4)cc3c3cc(-c4nc(C)nc(C)n4)ccc32)c1. The fourth-order valence-electron chi connectivity index (χ4n) is 12.1. The highest BCUT2D eigenvalue weighted by Gasteiger charge is 2.25. The van der Waals surface area contributed by atoms with Crippen LogP contribution in [-0.4, -0.2) is 83.9 Å². The van der Waals surface area contributed by atoms with E-state index in [1.54, 1.807) is 0 Å². The predicted molar refractivity (Wildman–Crippen MR) is 350 cm³/mol. The Balaban J connectivity index is 1.04. The molecule has 7 aromatic heterocycles. The molecule has 0 fully saturated rings. The predicted octanol–water partition coefficient (Wildman–Crippen LogP) is 15.2. The third-order valence-corrected chi connectivity index (χ3v) is 15.8. The van der Waals surface area contributed by atoms with Crippen molar-refractivity contribution < 1.29 is 0 Å². The summed E-state index contributed by atoms with van der Waals surface area (Å²) in [6.07, 6.45) is 0. The molecular weight excluding hydrogens is 1120 g/mol. The summed E-state index contributed by atoms with van der Waals surface area (Å²) in [5.41, 5.74) is 13.0. The minimum absolute atomic E-state index is 0.454. The molecule has 8 aromatic carbocycles. The molecule has 15 rings (SSSR count). The van der Waals surface area contributed by atoms with E-state index in [2.05, 4.69) is 125 Å². The minimum atomic E-state index is 0.454. The number of hydrogen-bond acceptors (Lipinski definition) is 15. The number of aromatic nitrogens is 17. The number of aryl methyl sites for hydroxylation is 8. The molecule has 0 aliphatic heterocycles. The molecule has 15 aromatic rings. The van der Waals surface area contributed by atoms with E-state index in [-0.39, 0.29) is 0 Å². The van der Waals surface area contributed by atoms with Crippen LogP contribution in [0.5, 0.6) is 0 Å². The third-order valence-electron chi connectivity index (χ3n) is 15.8. The molecule has 430 valence electrons. The van der Waals surface area contributed by atoms with Gasteiger partial charge in [0, 0.05) is 66.1 Å². The second kappa shape index (κ2) is 21.7. The minimum Gasteiger partial charge on any atom is -0.309 e. The molecule has 0 atom stereocenters. The maximum absolute atomic E-state index is 8.58. The normalized spacial score (nSPS) is 11.5. The summed E-state index contributed by atoms with van der Waals surface area (Å²) >= 11 is 0. The van der Waals surface area contributed by atoms with E-state index in [4.69, 9.17) is 61.4 Å². The lowest BCUT2D eigenvalue weighted by Crippen LogP contribution is -2.04. The summed E-state index contributed by atoms with van der Waals surface area (Å²) in [4.78, 5) is 76.2. The van der Waals surface area contributed by atoms with Crippen LogP contribution in [0.3, 0.4) is 0 Å². The Hall–Kier alpha value is -12.1. The number of benzene rings is 8. The highest BCUT2D eigenvalue weighted by molar-refractivity contribution is 6.14. The molecule has 0 spiro atoms. The average Bonchev–Trinajstić information content (AvgIpc) is 1.56. The van der Waals surface area contributed by atoms with Gasteiger partial charge in [0.15, 0.2) is 46.5 Å². The average molecular weight is 1170 g/mol. The lowest BCUT2D eigenvalue weighted by molar-refractivity contribution is 0.928. The summed E-state index contributed by atoms with van der Waals surface area (Å²) < 4.78 is 4.57. The van der Waals surface area contributed by atoms with Gasteiger partial charge in [-0.3, -0.25) is 0 Å². The lowest BCUT2D eigenvalue weighted by Gasteiger charge is -2.20. The molecule has 18 heteroatoms. The molecule has 0 aliphatic rings. The zero-order chi connectivity index (χ0) is 61.5. The summed E-state index contributed by atoms with van der Waals surface area (Å²) in [6.45, 7) is 23.6. The molecule has 0 saturated heterocycles. The topological polar surface area (TPSA) is 208 Å². The van der Waals surface area contributed by atoms with Crippen molar-refractivity contribution in [2.75, 3.05) is 0 Å². The largest absolute Gasteiger partial charge is 0.309 e. The Morgan fingerprint density at radius 2 is 0.556 bits per heavy atom. The molecule has 0 N–H and O–H groups in total. The quantitative estimate of drug-likeness (QED) is 0.117. The van der Waals surface area contributed by atoms with Crippen LogP contribution in [0.4, 0.5) is 5.69 Å². The van der Waals surface area contributed by atoms with Gasteiger partial charge in [0.1, 0.15) is 46.6 Å². The second-order valence-corrected chi connectivity index (χ2v) is 22.2. The van der Waals surface area contributed by atoms with Gasteiger partial charge in [-0.2, -0.15) is 0 Å². The third kappa shape index (κ3) is 9.85. The highest BCUT2D eigenvalue weighted by Crippen LogP contribution is 2.45.